The smallest absolute Gasteiger partial charge is 0.329 e. The quantitative estimate of drug-likeness (QED) is 0.705. The monoisotopic (exact) mass is 338 g/mol. The molecule has 102 valence electrons. The van der Waals surface area contributed by atoms with Crippen molar-refractivity contribution in [3.05, 3.63) is 49.3 Å². The summed E-state index contributed by atoms with van der Waals surface area (Å²) in [4.78, 5) is 32.2. The van der Waals surface area contributed by atoms with Gasteiger partial charge in [0.1, 0.15) is 17.2 Å². The number of fused-ring (bicyclic) bond motifs is 1. The zero-order valence-electron chi connectivity index (χ0n) is 10.2. The fraction of sp³-hybridized carbons (Fsp3) is 0.0833. The predicted molar refractivity (Wildman–Crippen MR) is 75.0 cm³/mol. The van der Waals surface area contributed by atoms with Crippen LogP contribution in [0.4, 0.5) is 4.39 Å². The van der Waals surface area contributed by atoms with Gasteiger partial charge in [-0.15, -0.1) is 0 Å². The number of aromatic amines is 2. The molecule has 3 aromatic rings. The number of aryl methyl sites for hydroxylation is 1. The molecule has 2 heterocycles. The number of nitrogens with zero attached hydrogens (tertiary/aromatic N) is 2. The van der Waals surface area contributed by atoms with E-state index >= 15 is 0 Å². The van der Waals surface area contributed by atoms with E-state index in [1.807, 2.05) is 0 Å². The van der Waals surface area contributed by atoms with E-state index in [1.165, 1.54) is 17.7 Å². The highest BCUT2D eigenvalue weighted by Crippen LogP contribution is 2.26. The molecule has 0 bridgehead atoms. The summed E-state index contributed by atoms with van der Waals surface area (Å²) in [5.41, 5.74) is -0.649. The van der Waals surface area contributed by atoms with Gasteiger partial charge in [0.15, 0.2) is 5.65 Å². The summed E-state index contributed by atoms with van der Waals surface area (Å²) in [6.45, 7) is 0. The summed E-state index contributed by atoms with van der Waals surface area (Å²) in [6.07, 6.45) is 0. The number of hydrogen-bond donors (Lipinski definition) is 2. The number of benzene rings is 1. The second kappa shape index (κ2) is 4.41. The van der Waals surface area contributed by atoms with Crippen molar-refractivity contribution in [2.75, 3.05) is 0 Å². The highest BCUT2D eigenvalue weighted by atomic mass is 79.9. The van der Waals surface area contributed by atoms with Crippen molar-refractivity contribution in [3.63, 3.8) is 0 Å². The molecule has 2 aromatic heterocycles. The van der Waals surface area contributed by atoms with E-state index in [4.69, 9.17) is 0 Å². The largest absolute Gasteiger partial charge is 0.332 e. The minimum absolute atomic E-state index is 0.126. The number of halogens is 2. The lowest BCUT2D eigenvalue weighted by Gasteiger charge is -2.00. The van der Waals surface area contributed by atoms with Crippen LogP contribution in [0.2, 0.25) is 0 Å². The maximum absolute atomic E-state index is 14.0. The van der Waals surface area contributed by atoms with E-state index < -0.39 is 17.1 Å². The summed E-state index contributed by atoms with van der Waals surface area (Å²) in [5, 5.41) is 0. The van der Waals surface area contributed by atoms with Gasteiger partial charge in [0, 0.05) is 7.05 Å². The maximum Gasteiger partial charge on any atom is 0.329 e. The molecule has 20 heavy (non-hydrogen) atoms. The first-order chi connectivity index (χ1) is 9.49. The summed E-state index contributed by atoms with van der Waals surface area (Å²) in [6, 6.07) is 4.74. The molecule has 0 unspecified atom stereocenters. The number of imidazole rings is 1. The van der Waals surface area contributed by atoms with Crippen molar-refractivity contribution in [1.29, 1.82) is 0 Å². The van der Waals surface area contributed by atoms with Gasteiger partial charge in [-0.2, -0.15) is 0 Å². The Labute approximate surface area is 119 Å². The molecule has 3 rings (SSSR count). The van der Waals surface area contributed by atoms with Crippen LogP contribution in [0.25, 0.3) is 22.6 Å². The third-order valence-corrected chi connectivity index (χ3v) is 3.57. The number of aromatic nitrogens is 4. The van der Waals surface area contributed by atoms with Crippen molar-refractivity contribution in [2.24, 2.45) is 7.05 Å². The van der Waals surface area contributed by atoms with Crippen molar-refractivity contribution < 1.29 is 4.39 Å². The van der Waals surface area contributed by atoms with E-state index in [1.54, 1.807) is 12.1 Å². The number of hydrogen-bond acceptors (Lipinski definition) is 3. The van der Waals surface area contributed by atoms with Crippen molar-refractivity contribution in [1.82, 2.24) is 19.5 Å². The van der Waals surface area contributed by atoms with Crippen LogP contribution in [0.3, 0.4) is 0 Å². The van der Waals surface area contributed by atoms with Crippen LogP contribution >= 0.6 is 15.9 Å². The highest BCUT2D eigenvalue weighted by molar-refractivity contribution is 9.10. The van der Waals surface area contributed by atoms with Crippen LogP contribution in [-0.2, 0) is 7.05 Å². The van der Waals surface area contributed by atoms with Crippen molar-refractivity contribution in [2.45, 2.75) is 0 Å². The van der Waals surface area contributed by atoms with Gasteiger partial charge in [-0.3, -0.25) is 14.3 Å². The Morgan fingerprint density at radius 3 is 2.80 bits per heavy atom. The highest BCUT2D eigenvalue weighted by Gasteiger charge is 2.15. The average Bonchev–Trinajstić information content (AvgIpc) is 2.85. The summed E-state index contributed by atoms with van der Waals surface area (Å²) < 4.78 is 15.5. The average molecular weight is 339 g/mol. The van der Waals surface area contributed by atoms with Crippen LogP contribution in [0.15, 0.2) is 32.3 Å². The lowest BCUT2D eigenvalue weighted by molar-refractivity contribution is 0.623. The topological polar surface area (TPSA) is 83.5 Å². The normalized spacial score (nSPS) is 11.2. The first kappa shape index (κ1) is 12.8. The molecule has 0 aliphatic carbocycles. The summed E-state index contributed by atoms with van der Waals surface area (Å²) >= 11 is 3.09. The van der Waals surface area contributed by atoms with Gasteiger partial charge in [-0.25, -0.2) is 14.2 Å². The Morgan fingerprint density at radius 1 is 1.30 bits per heavy atom. The molecule has 2 N–H and O–H groups in total. The Kier molecular flexibility index (Phi) is 2.82. The second-order valence-corrected chi connectivity index (χ2v) is 5.06. The standard InChI is InChI=1S/C12H8BrFN4O2/c1-18-10-8(11(19)17-12(18)20)15-9(16-10)5-3-2-4-6(13)7(5)14/h2-4H,1H3,(H,15,16)(H,17,19,20). The van der Waals surface area contributed by atoms with E-state index in [2.05, 4.69) is 30.9 Å². The molecule has 0 saturated heterocycles. The molecule has 6 nitrogen and oxygen atoms in total. The molecular formula is C12H8BrFN4O2. The molecular weight excluding hydrogens is 331 g/mol. The Morgan fingerprint density at radius 2 is 2.05 bits per heavy atom. The molecule has 0 saturated carbocycles. The molecule has 0 aliphatic heterocycles. The van der Waals surface area contributed by atoms with Gasteiger partial charge in [0.25, 0.3) is 5.56 Å². The first-order valence-electron chi connectivity index (χ1n) is 5.62. The van der Waals surface area contributed by atoms with Crippen LogP contribution in [0, 0.1) is 5.82 Å². The number of nitrogens with one attached hydrogen (secondary N) is 2. The minimum atomic E-state index is -0.586. The molecule has 0 aliphatic rings. The summed E-state index contributed by atoms with van der Waals surface area (Å²) in [7, 11) is 1.47. The molecule has 0 radical (unpaired) electrons. The van der Waals surface area contributed by atoms with Crippen molar-refractivity contribution >= 4 is 27.1 Å². The molecule has 1 aromatic carbocycles. The van der Waals surface area contributed by atoms with Gasteiger partial charge >= 0.3 is 5.69 Å². The van der Waals surface area contributed by atoms with E-state index in [0.717, 1.165) is 0 Å². The fourth-order valence-electron chi connectivity index (χ4n) is 1.92. The molecule has 0 amide bonds. The molecule has 0 spiro atoms. The SMILES string of the molecule is Cn1c(=O)[nH]c(=O)c2[nH]c(-c3cccc(Br)c3F)nc21. The zero-order valence-corrected chi connectivity index (χ0v) is 11.8. The number of H-pyrrole nitrogens is 2. The number of rotatable bonds is 1. The van der Waals surface area contributed by atoms with Crippen LogP contribution in [-0.4, -0.2) is 19.5 Å². The molecule has 8 heteroatoms. The van der Waals surface area contributed by atoms with E-state index in [0.29, 0.717) is 4.47 Å². The maximum atomic E-state index is 14.0. The van der Waals surface area contributed by atoms with Gasteiger partial charge in [-0.05, 0) is 28.1 Å². The Balaban J connectivity index is 2.37. The van der Waals surface area contributed by atoms with Crippen molar-refractivity contribution in [3.8, 4) is 11.4 Å². The second-order valence-electron chi connectivity index (χ2n) is 4.20. The zero-order chi connectivity index (χ0) is 14.4. The van der Waals surface area contributed by atoms with Crippen LogP contribution < -0.4 is 11.2 Å². The fourth-order valence-corrected chi connectivity index (χ4v) is 2.29. The summed E-state index contributed by atoms with van der Waals surface area (Å²) in [5.74, 6) is -0.307. The third-order valence-electron chi connectivity index (χ3n) is 2.96. The molecule has 0 atom stereocenters. The predicted octanol–water partition coefficient (Wildman–Crippen LogP) is 1.52. The van der Waals surface area contributed by atoms with Gasteiger partial charge in [0.05, 0.1) is 10.0 Å². The third kappa shape index (κ3) is 1.80. The van der Waals surface area contributed by atoms with E-state index in [-0.39, 0.29) is 22.6 Å². The molecule has 0 fully saturated rings. The Bertz CT molecular complexity index is 941. The van der Waals surface area contributed by atoms with Gasteiger partial charge in [0.2, 0.25) is 0 Å². The van der Waals surface area contributed by atoms with Crippen LogP contribution in [0.1, 0.15) is 0 Å². The van der Waals surface area contributed by atoms with E-state index in [9.17, 15) is 14.0 Å². The Hall–Kier alpha value is -2.22. The lowest BCUT2D eigenvalue weighted by Crippen LogP contribution is -2.28. The van der Waals surface area contributed by atoms with Gasteiger partial charge in [-0.1, -0.05) is 6.07 Å². The van der Waals surface area contributed by atoms with Gasteiger partial charge < -0.3 is 4.98 Å². The lowest BCUT2D eigenvalue weighted by atomic mass is 10.2. The first-order valence-corrected chi connectivity index (χ1v) is 6.41. The van der Waals surface area contributed by atoms with Crippen LogP contribution in [0.5, 0.6) is 0 Å². The minimum Gasteiger partial charge on any atom is -0.332 e.